The number of para-hydroxylation sites is 1. The van der Waals surface area contributed by atoms with Gasteiger partial charge in [0.25, 0.3) is 0 Å². The quantitative estimate of drug-likeness (QED) is 0.891. The van der Waals surface area contributed by atoms with Crippen LogP contribution >= 0.6 is 0 Å². The number of rotatable bonds is 2. The minimum atomic E-state index is -1.06. The number of benzene rings is 1. The molecule has 0 unspecified atom stereocenters. The van der Waals surface area contributed by atoms with Gasteiger partial charge in [0.15, 0.2) is 11.5 Å². The highest BCUT2D eigenvalue weighted by atomic mass is 16.4. The first-order chi connectivity index (χ1) is 9.25. The molecule has 96 valence electrons. The summed E-state index contributed by atoms with van der Waals surface area (Å²) in [7, 11) is 0. The summed E-state index contributed by atoms with van der Waals surface area (Å²) in [6.45, 7) is 0.828. The molecule has 0 saturated heterocycles. The van der Waals surface area contributed by atoms with E-state index in [-0.39, 0.29) is 5.69 Å². The maximum Gasteiger partial charge on any atom is 0.356 e. The second kappa shape index (κ2) is 4.68. The molecule has 5 nitrogen and oxygen atoms in total. The second-order valence-electron chi connectivity index (χ2n) is 4.45. The van der Waals surface area contributed by atoms with Crippen LogP contribution in [0.4, 0.5) is 11.5 Å². The van der Waals surface area contributed by atoms with Gasteiger partial charge in [-0.15, -0.1) is 0 Å². The Morgan fingerprint density at radius 2 is 2.11 bits per heavy atom. The van der Waals surface area contributed by atoms with Crippen molar-refractivity contribution in [1.29, 1.82) is 0 Å². The van der Waals surface area contributed by atoms with Gasteiger partial charge in [-0.05, 0) is 24.5 Å². The Kier molecular flexibility index (Phi) is 2.87. The SMILES string of the molecule is O=C(O)c1cncc(N2CCCc3ccccc32)n1. The van der Waals surface area contributed by atoms with Gasteiger partial charge in [0.05, 0.1) is 12.4 Å². The maximum absolute atomic E-state index is 11.0. The molecular formula is C14H13N3O2. The van der Waals surface area contributed by atoms with Crippen molar-refractivity contribution in [1.82, 2.24) is 9.97 Å². The van der Waals surface area contributed by atoms with Crippen molar-refractivity contribution in [2.45, 2.75) is 12.8 Å². The summed E-state index contributed by atoms with van der Waals surface area (Å²) in [5.74, 6) is -0.466. The molecule has 0 aliphatic carbocycles. The van der Waals surface area contributed by atoms with Crippen LogP contribution in [0.15, 0.2) is 36.7 Å². The molecule has 1 aromatic carbocycles. The highest BCUT2D eigenvalue weighted by molar-refractivity contribution is 5.85. The van der Waals surface area contributed by atoms with E-state index < -0.39 is 5.97 Å². The first-order valence-electron chi connectivity index (χ1n) is 6.16. The summed E-state index contributed by atoms with van der Waals surface area (Å²) >= 11 is 0. The van der Waals surface area contributed by atoms with Crippen LogP contribution in [0.5, 0.6) is 0 Å². The molecule has 3 rings (SSSR count). The minimum absolute atomic E-state index is 0.0273. The Morgan fingerprint density at radius 1 is 1.26 bits per heavy atom. The van der Waals surface area contributed by atoms with Crippen molar-refractivity contribution < 1.29 is 9.90 Å². The number of aromatic carboxylic acids is 1. The predicted octanol–water partition coefficient (Wildman–Crippen LogP) is 2.26. The van der Waals surface area contributed by atoms with Gasteiger partial charge >= 0.3 is 5.97 Å². The fourth-order valence-electron chi connectivity index (χ4n) is 2.36. The number of carboxylic acid groups (broad SMARTS) is 1. The lowest BCUT2D eigenvalue weighted by Crippen LogP contribution is -2.25. The number of nitrogens with zero attached hydrogens (tertiary/aromatic N) is 3. The average molecular weight is 255 g/mol. The molecule has 1 aliphatic heterocycles. The molecule has 2 heterocycles. The minimum Gasteiger partial charge on any atom is -0.476 e. The zero-order valence-electron chi connectivity index (χ0n) is 10.3. The molecule has 1 aromatic heterocycles. The number of carbonyl (C=O) groups is 1. The molecule has 0 fully saturated rings. The summed E-state index contributed by atoms with van der Waals surface area (Å²) < 4.78 is 0. The Bertz CT molecular complexity index is 628. The van der Waals surface area contributed by atoms with Crippen molar-refractivity contribution in [3.63, 3.8) is 0 Å². The lowest BCUT2D eigenvalue weighted by molar-refractivity contribution is 0.0690. The fourth-order valence-corrected chi connectivity index (χ4v) is 2.36. The van der Waals surface area contributed by atoms with Crippen molar-refractivity contribution in [3.05, 3.63) is 47.9 Å². The van der Waals surface area contributed by atoms with Gasteiger partial charge in [0.2, 0.25) is 0 Å². The van der Waals surface area contributed by atoms with Crippen molar-refractivity contribution >= 4 is 17.5 Å². The average Bonchev–Trinajstić information content (AvgIpc) is 2.47. The van der Waals surface area contributed by atoms with E-state index >= 15 is 0 Å². The first kappa shape index (κ1) is 11.6. The predicted molar refractivity (Wildman–Crippen MR) is 70.8 cm³/mol. The monoisotopic (exact) mass is 255 g/mol. The van der Waals surface area contributed by atoms with Crippen LogP contribution in [0.3, 0.4) is 0 Å². The Labute approximate surface area is 110 Å². The van der Waals surface area contributed by atoms with Gasteiger partial charge in [-0.2, -0.15) is 0 Å². The number of hydrogen-bond donors (Lipinski definition) is 1. The van der Waals surface area contributed by atoms with Crippen molar-refractivity contribution in [3.8, 4) is 0 Å². The van der Waals surface area contributed by atoms with Gasteiger partial charge in [-0.1, -0.05) is 18.2 Å². The molecule has 2 aromatic rings. The van der Waals surface area contributed by atoms with Gasteiger partial charge in [0, 0.05) is 12.2 Å². The molecule has 0 radical (unpaired) electrons. The van der Waals surface area contributed by atoms with E-state index in [9.17, 15) is 4.79 Å². The van der Waals surface area contributed by atoms with E-state index in [1.165, 1.54) is 11.8 Å². The number of carboxylic acids is 1. The first-order valence-corrected chi connectivity index (χ1v) is 6.16. The number of fused-ring (bicyclic) bond motifs is 1. The van der Waals surface area contributed by atoms with Gasteiger partial charge in [0.1, 0.15) is 0 Å². The van der Waals surface area contributed by atoms with Crippen LogP contribution in [-0.2, 0) is 6.42 Å². The summed E-state index contributed by atoms with van der Waals surface area (Å²) in [6.07, 6.45) is 4.94. The van der Waals surface area contributed by atoms with Gasteiger partial charge in [-0.25, -0.2) is 9.78 Å². The molecule has 0 amide bonds. The Balaban J connectivity index is 2.04. The summed E-state index contributed by atoms with van der Waals surface area (Å²) in [5, 5.41) is 8.98. The van der Waals surface area contributed by atoms with Crippen LogP contribution in [0, 0.1) is 0 Å². The number of aromatic nitrogens is 2. The van der Waals surface area contributed by atoms with Crippen molar-refractivity contribution in [2.24, 2.45) is 0 Å². The Hall–Kier alpha value is -2.43. The smallest absolute Gasteiger partial charge is 0.356 e. The maximum atomic E-state index is 11.0. The third-order valence-electron chi connectivity index (χ3n) is 3.23. The molecule has 5 heteroatoms. The van der Waals surface area contributed by atoms with Crippen LogP contribution < -0.4 is 4.90 Å². The van der Waals surface area contributed by atoms with E-state index in [2.05, 4.69) is 16.0 Å². The molecule has 19 heavy (non-hydrogen) atoms. The fraction of sp³-hybridized carbons (Fsp3) is 0.214. The van der Waals surface area contributed by atoms with Crippen LogP contribution in [0.2, 0.25) is 0 Å². The van der Waals surface area contributed by atoms with E-state index in [1.54, 1.807) is 6.20 Å². The number of anilines is 2. The highest BCUT2D eigenvalue weighted by Gasteiger charge is 2.19. The summed E-state index contributed by atoms with van der Waals surface area (Å²) in [5.41, 5.74) is 2.32. The second-order valence-corrected chi connectivity index (χ2v) is 4.45. The van der Waals surface area contributed by atoms with E-state index in [4.69, 9.17) is 5.11 Å². The van der Waals surface area contributed by atoms with E-state index in [0.717, 1.165) is 25.1 Å². The molecular weight excluding hydrogens is 242 g/mol. The van der Waals surface area contributed by atoms with Crippen LogP contribution in [0.1, 0.15) is 22.5 Å². The third-order valence-corrected chi connectivity index (χ3v) is 3.23. The molecule has 0 spiro atoms. The normalized spacial score (nSPS) is 14.0. The standard InChI is InChI=1S/C14H13N3O2/c18-14(19)11-8-15-9-13(16-11)17-7-3-5-10-4-1-2-6-12(10)17/h1-2,4,6,8-9H,3,5,7H2,(H,18,19). The van der Waals surface area contributed by atoms with E-state index in [0.29, 0.717) is 5.82 Å². The topological polar surface area (TPSA) is 66.3 Å². The Morgan fingerprint density at radius 3 is 2.95 bits per heavy atom. The zero-order chi connectivity index (χ0) is 13.2. The lowest BCUT2D eigenvalue weighted by atomic mass is 10.0. The molecule has 1 aliphatic rings. The number of hydrogen-bond acceptors (Lipinski definition) is 4. The summed E-state index contributed by atoms with van der Waals surface area (Å²) in [6, 6.07) is 8.12. The zero-order valence-corrected chi connectivity index (χ0v) is 10.3. The molecule has 0 atom stereocenters. The largest absolute Gasteiger partial charge is 0.476 e. The van der Waals surface area contributed by atoms with E-state index in [1.807, 2.05) is 23.1 Å². The number of aryl methyl sites for hydroxylation is 1. The van der Waals surface area contributed by atoms with Crippen molar-refractivity contribution in [2.75, 3.05) is 11.4 Å². The molecule has 0 bridgehead atoms. The lowest BCUT2D eigenvalue weighted by Gasteiger charge is -2.30. The summed E-state index contributed by atoms with van der Waals surface area (Å²) in [4.78, 5) is 21.1. The highest BCUT2D eigenvalue weighted by Crippen LogP contribution is 2.31. The molecule has 1 N–H and O–H groups in total. The van der Waals surface area contributed by atoms with Gasteiger partial charge < -0.3 is 10.0 Å². The van der Waals surface area contributed by atoms with Crippen LogP contribution in [0.25, 0.3) is 0 Å². The van der Waals surface area contributed by atoms with Gasteiger partial charge in [-0.3, -0.25) is 4.98 Å². The molecule has 0 saturated carbocycles. The third kappa shape index (κ3) is 2.14. The van der Waals surface area contributed by atoms with Crippen LogP contribution in [-0.4, -0.2) is 27.6 Å².